The molecule has 0 atom stereocenters. The third kappa shape index (κ3) is 4.65. The van der Waals surface area contributed by atoms with Gasteiger partial charge in [0.2, 0.25) is 5.91 Å². The highest BCUT2D eigenvalue weighted by Crippen LogP contribution is 2.23. The Morgan fingerprint density at radius 3 is 2.63 bits per heavy atom. The van der Waals surface area contributed by atoms with Gasteiger partial charge in [-0.05, 0) is 42.5 Å². The molecule has 0 aliphatic heterocycles. The van der Waals surface area contributed by atoms with Gasteiger partial charge in [-0.1, -0.05) is 17.7 Å². The fourth-order valence-electron chi connectivity index (χ4n) is 2.46. The molecular weight excluding hydrogens is 370 g/mol. The van der Waals surface area contributed by atoms with E-state index in [0.717, 1.165) is 5.39 Å². The second-order valence-corrected chi connectivity index (χ2v) is 6.24. The maximum atomic E-state index is 12.4. The van der Waals surface area contributed by atoms with Crippen LogP contribution in [0.15, 0.2) is 52.9 Å². The molecule has 27 heavy (non-hydrogen) atoms. The molecular formula is C19H16ClN3O4. The van der Waals surface area contributed by atoms with Gasteiger partial charge in [-0.25, -0.2) is 0 Å². The zero-order valence-electron chi connectivity index (χ0n) is 14.1. The van der Waals surface area contributed by atoms with Crippen LogP contribution < -0.4 is 16.4 Å². The Kier molecular flexibility index (Phi) is 5.42. The summed E-state index contributed by atoms with van der Waals surface area (Å²) in [6, 6.07) is 13.1. The monoisotopic (exact) mass is 385 g/mol. The van der Waals surface area contributed by atoms with Gasteiger partial charge in [-0.3, -0.25) is 14.4 Å². The SMILES string of the molecule is NC(=O)CCNC(=O)c1cccc(NC(=O)c2cc3cc(Cl)ccc3o2)c1. The Morgan fingerprint density at radius 2 is 1.85 bits per heavy atom. The minimum Gasteiger partial charge on any atom is -0.451 e. The normalized spacial score (nSPS) is 10.6. The Labute approximate surface area is 159 Å². The molecule has 8 heteroatoms. The van der Waals surface area contributed by atoms with Gasteiger partial charge in [0.25, 0.3) is 11.8 Å². The maximum absolute atomic E-state index is 12.4. The fraction of sp³-hybridized carbons (Fsp3) is 0.105. The van der Waals surface area contributed by atoms with E-state index in [2.05, 4.69) is 10.6 Å². The standard InChI is InChI=1S/C19H16ClN3O4/c20-13-4-5-15-12(8-13)10-16(27-15)19(26)23-14-3-1-2-11(9-14)18(25)22-7-6-17(21)24/h1-5,8-10H,6-7H2,(H2,21,24)(H,22,25)(H,23,26). The van der Waals surface area contributed by atoms with Crippen LogP contribution in [0.25, 0.3) is 11.0 Å². The number of anilines is 1. The van der Waals surface area contributed by atoms with Crippen LogP contribution in [0.4, 0.5) is 5.69 Å². The second kappa shape index (κ2) is 7.92. The summed E-state index contributed by atoms with van der Waals surface area (Å²) in [5.74, 6) is -1.19. The molecule has 2 aromatic carbocycles. The lowest BCUT2D eigenvalue weighted by molar-refractivity contribution is -0.117. The molecule has 138 valence electrons. The van der Waals surface area contributed by atoms with Gasteiger partial charge in [0, 0.05) is 34.6 Å². The van der Waals surface area contributed by atoms with Gasteiger partial charge in [-0.15, -0.1) is 0 Å². The van der Waals surface area contributed by atoms with Crippen LogP contribution in [0.3, 0.4) is 0 Å². The van der Waals surface area contributed by atoms with Crippen LogP contribution in [0.1, 0.15) is 27.3 Å². The number of hydrogen-bond acceptors (Lipinski definition) is 4. The van der Waals surface area contributed by atoms with E-state index in [9.17, 15) is 14.4 Å². The molecule has 0 unspecified atom stereocenters. The van der Waals surface area contributed by atoms with Crippen LogP contribution in [-0.4, -0.2) is 24.3 Å². The molecule has 3 aromatic rings. The first kappa shape index (κ1) is 18.5. The molecule has 3 rings (SSSR count). The number of furan rings is 1. The molecule has 4 N–H and O–H groups in total. The zero-order chi connectivity index (χ0) is 19.4. The average Bonchev–Trinajstić information content (AvgIpc) is 3.05. The first-order valence-corrected chi connectivity index (χ1v) is 8.47. The number of carbonyl (C=O) groups excluding carboxylic acids is 3. The molecule has 3 amide bonds. The summed E-state index contributed by atoms with van der Waals surface area (Å²) < 4.78 is 5.52. The highest BCUT2D eigenvalue weighted by Gasteiger charge is 2.14. The summed E-state index contributed by atoms with van der Waals surface area (Å²) in [6.45, 7) is 0.145. The molecule has 0 aliphatic carbocycles. The molecule has 0 saturated carbocycles. The van der Waals surface area contributed by atoms with Gasteiger partial charge in [-0.2, -0.15) is 0 Å². The fourth-order valence-corrected chi connectivity index (χ4v) is 2.64. The third-order valence-electron chi connectivity index (χ3n) is 3.74. The number of fused-ring (bicyclic) bond motifs is 1. The largest absolute Gasteiger partial charge is 0.451 e. The Hall–Kier alpha value is -3.32. The van der Waals surface area contributed by atoms with E-state index in [1.54, 1.807) is 42.5 Å². The van der Waals surface area contributed by atoms with Crippen LogP contribution in [-0.2, 0) is 4.79 Å². The van der Waals surface area contributed by atoms with Crippen LogP contribution in [0.5, 0.6) is 0 Å². The van der Waals surface area contributed by atoms with Crippen molar-refractivity contribution < 1.29 is 18.8 Å². The van der Waals surface area contributed by atoms with Crippen molar-refractivity contribution in [3.63, 3.8) is 0 Å². The molecule has 0 bridgehead atoms. The van der Waals surface area contributed by atoms with Crippen LogP contribution in [0, 0.1) is 0 Å². The lowest BCUT2D eigenvalue weighted by Crippen LogP contribution is -2.27. The number of primary amides is 1. The molecule has 0 aliphatic rings. The summed E-state index contributed by atoms with van der Waals surface area (Å²) in [5.41, 5.74) is 6.35. The first-order valence-electron chi connectivity index (χ1n) is 8.09. The number of nitrogens with one attached hydrogen (secondary N) is 2. The van der Waals surface area contributed by atoms with Crippen molar-refractivity contribution in [3.05, 3.63) is 64.9 Å². The summed E-state index contributed by atoms with van der Waals surface area (Å²) in [6.07, 6.45) is 0.0538. The lowest BCUT2D eigenvalue weighted by atomic mass is 10.2. The van der Waals surface area contributed by atoms with Crippen LogP contribution >= 0.6 is 11.6 Å². The molecule has 0 saturated heterocycles. The summed E-state index contributed by atoms with van der Waals surface area (Å²) in [5, 5.41) is 6.53. The molecule has 0 fully saturated rings. The molecule has 0 spiro atoms. The van der Waals surface area contributed by atoms with E-state index < -0.39 is 11.8 Å². The van der Waals surface area contributed by atoms with Crippen LogP contribution in [0.2, 0.25) is 5.02 Å². The van der Waals surface area contributed by atoms with Gasteiger partial charge in [0.15, 0.2) is 5.76 Å². The highest BCUT2D eigenvalue weighted by atomic mass is 35.5. The maximum Gasteiger partial charge on any atom is 0.291 e. The van der Waals surface area contributed by atoms with E-state index in [0.29, 0.717) is 21.9 Å². The second-order valence-electron chi connectivity index (χ2n) is 5.80. The summed E-state index contributed by atoms with van der Waals surface area (Å²) in [4.78, 5) is 35.2. The Morgan fingerprint density at radius 1 is 1.04 bits per heavy atom. The van der Waals surface area contributed by atoms with Gasteiger partial charge >= 0.3 is 0 Å². The summed E-state index contributed by atoms with van der Waals surface area (Å²) in [7, 11) is 0. The first-order chi connectivity index (χ1) is 12.9. The number of carbonyl (C=O) groups is 3. The van der Waals surface area contributed by atoms with Crippen molar-refractivity contribution in [2.75, 3.05) is 11.9 Å². The van der Waals surface area contributed by atoms with Crippen molar-refractivity contribution >= 4 is 46.0 Å². The van der Waals surface area contributed by atoms with Crippen molar-refractivity contribution in [1.29, 1.82) is 0 Å². The van der Waals surface area contributed by atoms with E-state index >= 15 is 0 Å². The van der Waals surface area contributed by atoms with Crippen molar-refractivity contribution in [3.8, 4) is 0 Å². The Balaban J connectivity index is 1.70. The molecule has 7 nitrogen and oxygen atoms in total. The topological polar surface area (TPSA) is 114 Å². The van der Waals surface area contributed by atoms with E-state index in [1.165, 1.54) is 6.07 Å². The van der Waals surface area contributed by atoms with Crippen molar-refractivity contribution in [2.24, 2.45) is 5.73 Å². The number of hydrogen-bond donors (Lipinski definition) is 3. The number of halogens is 1. The minimum atomic E-state index is -0.497. The summed E-state index contributed by atoms with van der Waals surface area (Å²) >= 11 is 5.93. The highest BCUT2D eigenvalue weighted by molar-refractivity contribution is 6.31. The van der Waals surface area contributed by atoms with Crippen molar-refractivity contribution in [2.45, 2.75) is 6.42 Å². The Bertz CT molecular complexity index is 1030. The minimum absolute atomic E-state index is 0.0538. The predicted molar refractivity (Wildman–Crippen MR) is 102 cm³/mol. The van der Waals surface area contributed by atoms with Crippen molar-refractivity contribution in [1.82, 2.24) is 5.32 Å². The smallest absolute Gasteiger partial charge is 0.291 e. The van der Waals surface area contributed by atoms with Gasteiger partial charge in [0.05, 0.1) is 0 Å². The average molecular weight is 386 g/mol. The van der Waals surface area contributed by atoms with E-state index in [1.807, 2.05) is 0 Å². The third-order valence-corrected chi connectivity index (χ3v) is 3.98. The van der Waals surface area contributed by atoms with Gasteiger partial charge in [0.1, 0.15) is 5.58 Å². The predicted octanol–water partition coefficient (Wildman–Crippen LogP) is 2.94. The van der Waals surface area contributed by atoms with E-state index in [4.69, 9.17) is 21.8 Å². The molecule has 0 radical (unpaired) electrons. The number of benzene rings is 2. The zero-order valence-corrected chi connectivity index (χ0v) is 14.9. The molecule has 1 heterocycles. The number of amides is 3. The van der Waals surface area contributed by atoms with E-state index in [-0.39, 0.29) is 24.6 Å². The number of rotatable bonds is 6. The number of nitrogens with two attached hydrogens (primary N) is 1. The molecule has 1 aromatic heterocycles. The van der Waals surface area contributed by atoms with Gasteiger partial charge < -0.3 is 20.8 Å². The lowest BCUT2D eigenvalue weighted by Gasteiger charge is -2.07. The quantitative estimate of drug-likeness (QED) is 0.605.